The lowest BCUT2D eigenvalue weighted by molar-refractivity contribution is 1.19. The Morgan fingerprint density at radius 3 is 1.55 bits per heavy atom. The zero-order valence-electron chi connectivity index (χ0n) is 30.4. The van der Waals surface area contributed by atoms with Crippen molar-refractivity contribution in [2.75, 3.05) is 0 Å². The molecular weight excluding hydrogens is 679 g/mol. The molecule has 0 aliphatic rings. The highest BCUT2D eigenvalue weighted by molar-refractivity contribution is 6.22. The Morgan fingerprint density at radius 1 is 0.286 bits per heavy atom. The average Bonchev–Trinajstić information content (AvgIpc) is 3.28. The van der Waals surface area contributed by atoms with E-state index in [0.29, 0.717) is 5.82 Å². The van der Waals surface area contributed by atoms with Crippen LogP contribution in [0.3, 0.4) is 0 Å². The number of aromatic nitrogens is 3. The predicted molar refractivity (Wildman–Crippen MR) is 235 cm³/mol. The van der Waals surface area contributed by atoms with Crippen molar-refractivity contribution in [3.63, 3.8) is 0 Å². The molecule has 0 fully saturated rings. The van der Waals surface area contributed by atoms with Crippen molar-refractivity contribution in [1.29, 1.82) is 0 Å². The van der Waals surface area contributed by atoms with Gasteiger partial charge in [0.25, 0.3) is 0 Å². The van der Waals surface area contributed by atoms with Crippen LogP contribution in [-0.2, 0) is 0 Å². The van der Waals surface area contributed by atoms with E-state index in [1.807, 2.05) is 0 Å². The maximum Gasteiger partial charge on any atom is 0.161 e. The summed E-state index contributed by atoms with van der Waals surface area (Å²) in [5.74, 6) is 0.705. The van der Waals surface area contributed by atoms with Crippen molar-refractivity contribution in [2.24, 2.45) is 0 Å². The molecule has 260 valence electrons. The van der Waals surface area contributed by atoms with Crippen LogP contribution in [0, 0.1) is 0 Å². The van der Waals surface area contributed by atoms with Gasteiger partial charge in [0.2, 0.25) is 0 Å². The lowest BCUT2D eigenvalue weighted by atomic mass is 9.93. The molecule has 11 aromatic rings. The van der Waals surface area contributed by atoms with Gasteiger partial charge in [-0.25, -0.2) is 15.0 Å². The summed E-state index contributed by atoms with van der Waals surface area (Å²) < 4.78 is 0. The number of hydrogen-bond donors (Lipinski definition) is 0. The van der Waals surface area contributed by atoms with Gasteiger partial charge in [0.15, 0.2) is 5.82 Å². The van der Waals surface area contributed by atoms with E-state index in [2.05, 4.69) is 200 Å². The van der Waals surface area contributed by atoms with E-state index in [0.717, 1.165) is 77.5 Å². The van der Waals surface area contributed by atoms with E-state index in [4.69, 9.17) is 15.0 Å². The van der Waals surface area contributed by atoms with Crippen LogP contribution >= 0.6 is 0 Å². The highest BCUT2D eigenvalue weighted by Gasteiger charge is 2.17. The van der Waals surface area contributed by atoms with Crippen LogP contribution in [-0.4, -0.2) is 15.0 Å². The SMILES string of the molecule is c1cc(-c2cccc(-c3nc4ccccc4c4c3ccc3ccccc34)c2)cc(-c2cc(-c3cccc4ccccc34)nc(-c3cccc4ccccc34)n2)c1. The van der Waals surface area contributed by atoms with Crippen molar-refractivity contribution in [1.82, 2.24) is 15.0 Å². The van der Waals surface area contributed by atoms with Gasteiger partial charge in [-0.05, 0) is 67.7 Å². The number of hydrogen-bond acceptors (Lipinski definition) is 3. The fourth-order valence-electron chi connectivity index (χ4n) is 8.37. The van der Waals surface area contributed by atoms with E-state index < -0.39 is 0 Å². The van der Waals surface area contributed by atoms with Crippen LogP contribution in [0.5, 0.6) is 0 Å². The van der Waals surface area contributed by atoms with Crippen LogP contribution in [0.25, 0.3) is 110 Å². The molecule has 0 saturated heterocycles. The third-order valence-corrected chi connectivity index (χ3v) is 11.0. The lowest BCUT2D eigenvalue weighted by Crippen LogP contribution is -1.97. The monoisotopic (exact) mass is 711 g/mol. The number of fused-ring (bicyclic) bond motifs is 7. The van der Waals surface area contributed by atoms with Gasteiger partial charge in [0.05, 0.1) is 22.6 Å². The lowest BCUT2D eigenvalue weighted by Gasteiger charge is -2.14. The van der Waals surface area contributed by atoms with E-state index in [1.54, 1.807) is 0 Å². The van der Waals surface area contributed by atoms with Crippen LogP contribution < -0.4 is 0 Å². The summed E-state index contributed by atoms with van der Waals surface area (Å²) in [6.45, 7) is 0. The first kappa shape index (κ1) is 32.0. The molecule has 3 nitrogen and oxygen atoms in total. The number of para-hydroxylation sites is 1. The largest absolute Gasteiger partial charge is 0.247 e. The Balaban J connectivity index is 1.07. The molecule has 0 unspecified atom stereocenters. The highest BCUT2D eigenvalue weighted by atomic mass is 14.9. The van der Waals surface area contributed by atoms with Gasteiger partial charge in [-0.15, -0.1) is 0 Å². The molecule has 11 rings (SSSR count). The molecule has 0 aliphatic heterocycles. The van der Waals surface area contributed by atoms with Gasteiger partial charge < -0.3 is 0 Å². The number of nitrogens with zero attached hydrogens (tertiary/aromatic N) is 3. The molecule has 0 radical (unpaired) electrons. The minimum absolute atomic E-state index is 0.705. The molecule has 0 amide bonds. The normalized spacial score (nSPS) is 11.6. The zero-order valence-corrected chi connectivity index (χ0v) is 30.4. The van der Waals surface area contributed by atoms with Crippen LogP contribution in [0.15, 0.2) is 200 Å². The molecule has 2 aromatic heterocycles. The van der Waals surface area contributed by atoms with E-state index in [9.17, 15) is 0 Å². The summed E-state index contributed by atoms with van der Waals surface area (Å²) in [6.07, 6.45) is 0. The Morgan fingerprint density at radius 2 is 0.804 bits per heavy atom. The first-order valence-electron chi connectivity index (χ1n) is 19.0. The maximum atomic E-state index is 5.30. The third-order valence-electron chi connectivity index (χ3n) is 11.0. The molecular formula is C53H33N3. The van der Waals surface area contributed by atoms with Crippen molar-refractivity contribution in [3.05, 3.63) is 200 Å². The van der Waals surface area contributed by atoms with Crippen molar-refractivity contribution in [3.8, 4) is 56.3 Å². The quantitative estimate of drug-likeness (QED) is 0.167. The van der Waals surface area contributed by atoms with Gasteiger partial charge >= 0.3 is 0 Å². The van der Waals surface area contributed by atoms with Gasteiger partial charge in [-0.2, -0.15) is 0 Å². The molecule has 9 aromatic carbocycles. The van der Waals surface area contributed by atoms with E-state index in [-0.39, 0.29) is 0 Å². The predicted octanol–water partition coefficient (Wildman–Crippen LogP) is 14.0. The van der Waals surface area contributed by atoms with Crippen LogP contribution in [0.4, 0.5) is 0 Å². The first-order valence-corrected chi connectivity index (χ1v) is 19.0. The molecule has 3 heteroatoms. The molecule has 0 spiro atoms. The second-order valence-electron chi connectivity index (χ2n) is 14.4. The summed E-state index contributed by atoms with van der Waals surface area (Å²) in [6, 6.07) is 70.9. The first-order chi connectivity index (χ1) is 27.7. The fraction of sp³-hybridized carbons (Fsp3) is 0. The minimum atomic E-state index is 0.705. The number of pyridine rings is 1. The van der Waals surface area contributed by atoms with Crippen LogP contribution in [0.2, 0.25) is 0 Å². The van der Waals surface area contributed by atoms with Gasteiger partial charge in [0, 0.05) is 38.4 Å². The molecule has 0 saturated carbocycles. The highest BCUT2D eigenvalue weighted by Crippen LogP contribution is 2.39. The molecule has 0 aliphatic carbocycles. The molecule has 56 heavy (non-hydrogen) atoms. The standard InChI is InChI=1S/C53H33N3/c1-4-22-41-34(13-1)16-11-26-44(41)50-33-49(55-53(56-50)45-27-12-17-35-14-2-5-23-42(35)45)39-20-9-18-37(31-39)38-19-10-21-40(32-38)52-47-30-29-36-15-3-6-24-43(36)51(47)46-25-7-8-28-48(46)54-52/h1-33H. The summed E-state index contributed by atoms with van der Waals surface area (Å²) >= 11 is 0. The summed E-state index contributed by atoms with van der Waals surface area (Å²) in [5.41, 5.74) is 10.2. The third kappa shape index (κ3) is 5.40. The summed E-state index contributed by atoms with van der Waals surface area (Å²) in [5, 5.41) is 10.7. The molecule has 0 atom stereocenters. The minimum Gasteiger partial charge on any atom is -0.247 e. The summed E-state index contributed by atoms with van der Waals surface area (Å²) in [7, 11) is 0. The molecule has 2 heterocycles. The average molecular weight is 712 g/mol. The molecule has 0 N–H and O–H groups in total. The van der Waals surface area contributed by atoms with E-state index >= 15 is 0 Å². The number of rotatable bonds is 5. The smallest absolute Gasteiger partial charge is 0.161 e. The van der Waals surface area contributed by atoms with Crippen LogP contribution in [0.1, 0.15) is 0 Å². The number of benzene rings is 9. The Bertz CT molecular complexity index is 3200. The Labute approximate surface area is 324 Å². The second-order valence-corrected chi connectivity index (χ2v) is 14.4. The second kappa shape index (κ2) is 13.1. The Hall–Kier alpha value is -7.49. The maximum absolute atomic E-state index is 5.30. The van der Waals surface area contributed by atoms with Gasteiger partial charge in [0.1, 0.15) is 0 Å². The topological polar surface area (TPSA) is 38.7 Å². The summed E-state index contributed by atoms with van der Waals surface area (Å²) in [4.78, 5) is 15.9. The molecule has 0 bridgehead atoms. The van der Waals surface area contributed by atoms with E-state index in [1.165, 1.54) is 26.9 Å². The van der Waals surface area contributed by atoms with Gasteiger partial charge in [-0.1, -0.05) is 176 Å². The van der Waals surface area contributed by atoms with Gasteiger partial charge in [-0.3, -0.25) is 0 Å². The Kier molecular flexibility index (Phi) is 7.49. The van der Waals surface area contributed by atoms with Crippen molar-refractivity contribution >= 4 is 54.0 Å². The fourth-order valence-corrected chi connectivity index (χ4v) is 8.37. The van der Waals surface area contributed by atoms with Crippen molar-refractivity contribution in [2.45, 2.75) is 0 Å². The zero-order chi connectivity index (χ0) is 37.0. The van der Waals surface area contributed by atoms with Crippen molar-refractivity contribution < 1.29 is 0 Å².